The Labute approximate surface area is 121 Å². The summed E-state index contributed by atoms with van der Waals surface area (Å²) in [6, 6.07) is 6.96. The molecule has 0 atom stereocenters. The molecule has 2 N–H and O–H groups in total. The first kappa shape index (κ1) is 15.6. The number of benzene rings is 1. The summed E-state index contributed by atoms with van der Waals surface area (Å²) in [7, 11) is 1.53. The lowest BCUT2D eigenvalue weighted by atomic mass is 10.1. The summed E-state index contributed by atoms with van der Waals surface area (Å²) in [6.45, 7) is 0. The first-order valence-electron chi connectivity index (χ1n) is 5.45. The minimum atomic E-state index is -0.701. The fraction of sp³-hybridized carbons (Fsp3) is 0.333. The van der Waals surface area contributed by atoms with Gasteiger partial charge in [0.15, 0.2) is 0 Å². The van der Waals surface area contributed by atoms with Crippen LogP contribution >= 0.6 is 23.2 Å². The van der Waals surface area contributed by atoms with Crippen LogP contribution in [0, 0.1) is 0 Å². The third-order valence-corrected chi connectivity index (χ3v) is 2.77. The highest BCUT2D eigenvalue weighted by Gasteiger charge is 2.16. The number of carbonyl (C=O) groups excluding carboxylic acids is 2. The average molecular weight is 305 g/mol. The van der Waals surface area contributed by atoms with Crippen molar-refractivity contribution in [3.63, 3.8) is 0 Å². The van der Waals surface area contributed by atoms with E-state index in [0.29, 0.717) is 11.3 Å². The highest BCUT2D eigenvalue weighted by molar-refractivity contribution is 6.27. The second-order valence-electron chi connectivity index (χ2n) is 3.61. The molecule has 0 heterocycles. The third-order valence-electron chi connectivity index (χ3n) is 2.28. The van der Waals surface area contributed by atoms with E-state index in [2.05, 4.69) is 10.6 Å². The smallest absolute Gasteiger partial charge is 0.236 e. The molecule has 0 saturated carbocycles. The van der Waals surface area contributed by atoms with Crippen LogP contribution < -0.4 is 15.4 Å². The van der Waals surface area contributed by atoms with Crippen LogP contribution in [0.25, 0.3) is 0 Å². The molecule has 2 amide bonds. The van der Waals surface area contributed by atoms with Crippen LogP contribution in [0.2, 0.25) is 0 Å². The van der Waals surface area contributed by atoms with E-state index in [9.17, 15) is 9.59 Å². The van der Waals surface area contributed by atoms with Crippen LogP contribution in [0.1, 0.15) is 11.7 Å². The zero-order valence-electron chi connectivity index (χ0n) is 10.3. The maximum Gasteiger partial charge on any atom is 0.236 e. The van der Waals surface area contributed by atoms with Gasteiger partial charge in [-0.25, -0.2) is 0 Å². The summed E-state index contributed by atoms with van der Waals surface area (Å²) in [6.07, 6.45) is -0.701. The standard InChI is InChI=1S/C12H14Cl2N2O3/c1-19-9-4-2-3-8(5-9)12(15-10(17)6-13)16-11(18)7-14/h2-5,12H,6-7H2,1H3,(H,15,17)(H,16,18). The fourth-order valence-electron chi connectivity index (χ4n) is 1.42. The van der Waals surface area contributed by atoms with E-state index in [4.69, 9.17) is 27.9 Å². The van der Waals surface area contributed by atoms with Gasteiger partial charge in [0.2, 0.25) is 11.8 Å². The molecule has 7 heteroatoms. The maximum absolute atomic E-state index is 11.4. The van der Waals surface area contributed by atoms with E-state index in [1.807, 2.05) is 0 Å². The molecule has 0 aliphatic rings. The van der Waals surface area contributed by atoms with Crippen LogP contribution in [0.3, 0.4) is 0 Å². The first-order chi connectivity index (χ1) is 9.10. The van der Waals surface area contributed by atoms with E-state index in [-0.39, 0.29) is 11.8 Å². The SMILES string of the molecule is COc1cccc(C(NC(=O)CCl)NC(=O)CCl)c1. The molecule has 0 spiro atoms. The number of hydrogen-bond donors (Lipinski definition) is 2. The van der Waals surface area contributed by atoms with Gasteiger partial charge in [0, 0.05) is 0 Å². The normalized spacial score (nSPS) is 10.1. The maximum atomic E-state index is 11.4. The van der Waals surface area contributed by atoms with Gasteiger partial charge in [0.25, 0.3) is 0 Å². The van der Waals surface area contributed by atoms with E-state index >= 15 is 0 Å². The minimum Gasteiger partial charge on any atom is -0.497 e. The van der Waals surface area contributed by atoms with Crippen LogP contribution in [-0.4, -0.2) is 30.7 Å². The van der Waals surface area contributed by atoms with Crippen LogP contribution in [-0.2, 0) is 9.59 Å². The van der Waals surface area contributed by atoms with Crippen LogP contribution in [0.5, 0.6) is 5.75 Å². The monoisotopic (exact) mass is 304 g/mol. The number of nitrogens with one attached hydrogen (secondary N) is 2. The molecule has 5 nitrogen and oxygen atoms in total. The zero-order chi connectivity index (χ0) is 14.3. The molecule has 0 aliphatic heterocycles. The number of hydrogen-bond acceptors (Lipinski definition) is 3. The molecule has 1 aromatic rings. The second kappa shape index (κ2) is 7.86. The van der Waals surface area contributed by atoms with E-state index in [1.54, 1.807) is 24.3 Å². The summed E-state index contributed by atoms with van der Waals surface area (Å²) in [5.74, 6) is -0.578. The van der Waals surface area contributed by atoms with Gasteiger partial charge in [0.1, 0.15) is 23.7 Å². The van der Waals surface area contributed by atoms with Gasteiger partial charge in [-0.15, -0.1) is 23.2 Å². The lowest BCUT2D eigenvalue weighted by molar-refractivity contribution is -0.122. The predicted molar refractivity (Wildman–Crippen MR) is 73.5 cm³/mol. The second-order valence-corrected chi connectivity index (χ2v) is 4.15. The first-order valence-corrected chi connectivity index (χ1v) is 6.52. The summed E-state index contributed by atoms with van der Waals surface area (Å²) in [4.78, 5) is 22.7. The molecule has 1 aromatic carbocycles. The Morgan fingerprint density at radius 1 is 1.21 bits per heavy atom. The molecule has 1 rings (SSSR count). The van der Waals surface area contributed by atoms with Crippen LogP contribution in [0.4, 0.5) is 0 Å². The Hall–Kier alpha value is -1.46. The number of alkyl halides is 2. The van der Waals surface area contributed by atoms with Gasteiger partial charge in [-0.05, 0) is 17.7 Å². The Bertz CT molecular complexity index is 436. The molecular weight excluding hydrogens is 291 g/mol. The third kappa shape index (κ3) is 4.96. The average Bonchev–Trinajstić information content (AvgIpc) is 2.46. The van der Waals surface area contributed by atoms with Crippen LogP contribution in [0.15, 0.2) is 24.3 Å². The van der Waals surface area contributed by atoms with Gasteiger partial charge in [-0.2, -0.15) is 0 Å². The van der Waals surface area contributed by atoms with E-state index in [1.165, 1.54) is 7.11 Å². The predicted octanol–water partition coefficient (Wildman–Crippen LogP) is 1.40. The van der Waals surface area contributed by atoms with Gasteiger partial charge in [-0.1, -0.05) is 12.1 Å². The van der Waals surface area contributed by atoms with Crippen molar-refractivity contribution in [1.29, 1.82) is 0 Å². The number of amides is 2. The van der Waals surface area contributed by atoms with Crippen molar-refractivity contribution < 1.29 is 14.3 Å². The number of ether oxygens (including phenoxy) is 1. The number of carbonyl (C=O) groups is 2. The van der Waals surface area contributed by atoms with Gasteiger partial charge in [0.05, 0.1) is 7.11 Å². The molecule has 0 radical (unpaired) electrons. The molecule has 104 valence electrons. The fourth-order valence-corrected chi connectivity index (χ4v) is 1.58. The molecule has 0 saturated heterocycles. The highest BCUT2D eigenvalue weighted by atomic mass is 35.5. The molecule has 0 fully saturated rings. The van der Waals surface area contributed by atoms with Crippen molar-refractivity contribution in [2.75, 3.05) is 18.9 Å². The van der Waals surface area contributed by atoms with Crippen molar-refractivity contribution in [1.82, 2.24) is 10.6 Å². The lowest BCUT2D eigenvalue weighted by Gasteiger charge is -2.20. The Balaban J connectivity index is 2.92. The summed E-state index contributed by atoms with van der Waals surface area (Å²) >= 11 is 10.9. The Morgan fingerprint density at radius 3 is 2.26 bits per heavy atom. The molecule has 19 heavy (non-hydrogen) atoms. The zero-order valence-corrected chi connectivity index (χ0v) is 11.8. The summed E-state index contributed by atoms with van der Waals surface area (Å²) in [5, 5.41) is 5.16. The highest BCUT2D eigenvalue weighted by Crippen LogP contribution is 2.17. The number of methoxy groups -OCH3 is 1. The van der Waals surface area contributed by atoms with Crippen molar-refractivity contribution in [3.05, 3.63) is 29.8 Å². The molecule has 0 aromatic heterocycles. The largest absolute Gasteiger partial charge is 0.497 e. The van der Waals surface area contributed by atoms with Gasteiger partial charge >= 0.3 is 0 Å². The Kier molecular flexibility index (Phi) is 6.45. The van der Waals surface area contributed by atoms with Gasteiger partial charge < -0.3 is 15.4 Å². The topological polar surface area (TPSA) is 67.4 Å². The number of halogens is 2. The molecule has 0 unspecified atom stereocenters. The molecule has 0 bridgehead atoms. The Morgan fingerprint density at radius 2 is 1.79 bits per heavy atom. The van der Waals surface area contributed by atoms with Crippen molar-refractivity contribution >= 4 is 35.0 Å². The lowest BCUT2D eigenvalue weighted by Crippen LogP contribution is -2.42. The minimum absolute atomic E-state index is 0.197. The van der Waals surface area contributed by atoms with E-state index in [0.717, 1.165) is 0 Å². The van der Waals surface area contributed by atoms with Gasteiger partial charge in [-0.3, -0.25) is 9.59 Å². The number of rotatable bonds is 6. The summed E-state index contributed by atoms with van der Waals surface area (Å²) < 4.78 is 5.09. The molecule has 0 aliphatic carbocycles. The summed E-state index contributed by atoms with van der Waals surface area (Å²) in [5.41, 5.74) is 0.663. The van der Waals surface area contributed by atoms with Crippen molar-refractivity contribution in [3.8, 4) is 5.75 Å². The van der Waals surface area contributed by atoms with E-state index < -0.39 is 18.0 Å². The molecular formula is C12H14Cl2N2O3. The van der Waals surface area contributed by atoms with Crippen molar-refractivity contribution in [2.45, 2.75) is 6.17 Å². The quantitative estimate of drug-likeness (QED) is 0.617. The van der Waals surface area contributed by atoms with Crippen molar-refractivity contribution in [2.24, 2.45) is 0 Å².